The maximum atomic E-state index is 11.0. The highest BCUT2D eigenvalue weighted by molar-refractivity contribution is 5.66. The Kier molecular flexibility index (Phi) is 3.42. The molecular formula is C15H15NO2. The highest BCUT2D eigenvalue weighted by Crippen LogP contribution is 2.31. The largest absolute Gasteiger partial charge is 0.272 e. The second-order valence-electron chi connectivity index (χ2n) is 4.55. The molecule has 0 unspecified atom stereocenters. The number of nitro groups is 1. The van der Waals surface area contributed by atoms with E-state index in [4.69, 9.17) is 0 Å². The Hall–Kier alpha value is -2.16. The molecule has 3 heteroatoms. The minimum absolute atomic E-state index is 0.133. The molecule has 0 saturated carbocycles. The maximum absolute atomic E-state index is 11.0. The van der Waals surface area contributed by atoms with Crippen molar-refractivity contribution in [2.45, 2.75) is 19.8 Å². The van der Waals surface area contributed by atoms with Crippen LogP contribution in [-0.4, -0.2) is 4.92 Å². The summed E-state index contributed by atoms with van der Waals surface area (Å²) in [6.07, 6.45) is 0. The summed E-state index contributed by atoms with van der Waals surface area (Å²) in [4.78, 5) is 10.7. The molecule has 3 nitrogen and oxygen atoms in total. The quantitative estimate of drug-likeness (QED) is 0.591. The Morgan fingerprint density at radius 3 is 2.22 bits per heavy atom. The summed E-state index contributed by atoms with van der Waals surface area (Å²) in [5.41, 5.74) is 3.07. The molecule has 2 aromatic carbocycles. The minimum Gasteiger partial charge on any atom is -0.258 e. The van der Waals surface area contributed by atoms with Crippen molar-refractivity contribution >= 4 is 5.69 Å². The molecular weight excluding hydrogens is 226 g/mol. The Morgan fingerprint density at radius 1 is 1.00 bits per heavy atom. The van der Waals surface area contributed by atoms with Gasteiger partial charge in [-0.05, 0) is 29.2 Å². The molecule has 0 atom stereocenters. The predicted octanol–water partition coefficient (Wildman–Crippen LogP) is 4.39. The second-order valence-corrected chi connectivity index (χ2v) is 4.55. The van der Waals surface area contributed by atoms with Gasteiger partial charge in [-0.1, -0.05) is 44.2 Å². The third-order valence-corrected chi connectivity index (χ3v) is 2.95. The van der Waals surface area contributed by atoms with Crippen LogP contribution in [0.5, 0.6) is 0 Å². The number of nitro benzene ring substituents is 1. The first kappa shape index (κ1) is 12.3. The molecule has 0 aliphatic carbocycles. The first-order chi connectivity index (χ1) is 8.59. The Balaban J connectivity index is 2.54. The molecule has 2 rings (SSSR count). The van der Waals surface area contributed by atoms with Gasteiger partial charge >= 0.3 is 0 Å². The van der Waals surface area contributed by atoms with E-state index in [9.17, 15) is 10.1 Å². The third-order valence-electron chi connectivity index (χ3n) is 2.95. The zero-order chi connectivity index (χ0) is 13.1. The van der Waals surface area contributed by atoms with E-state index < -0.39 is 0 Å². The van der Waals surface area contributed by atoms with Crippen molar-refractivity contribution in [1.29, 1.82) is 0 Å². The number of rotatable bonds is 3. The van der Waals surface area contributed by atoms with Gasteiger partial charge in [-0.15, -0.1) is 0 Å². The monoisotopic (exact) mass is 241 g/mol. The second kappa shape index (κ2) is 5.00. The minimum atomic E-state index is -0.315. The van der Waals surface area contributed by atoms with Crippen molar-refractivity contribution in [2.24, 2.45) is 0 Å². The lowest BCUT2D eigenvalue weighted by molar-refractivity contribution is -0.385. The van der Waals surface area contributed by atoms with Crippen molar-refractivity contribution in [2.75, 3.05) is 0 Å². The fourth-order valence-corrected chi connectivity index (χ4v) is 1.99. The van der Waals surface area contributed by atoms with E-state index in [1.807, 2.05) is 50.2 Å². The molecule has 92 valence electrons. The average Bonchev–Trinajstić information content (AvgIpc) is 2.39. The van der Waals surface area contributed by atoms with Gasteiger partial charge in [0.1, 0.15) is 0 Å². The Bertz CT molecular complexity index is 562. The fraction of sp³-hybridized carbons (Fsp3) is 0.200. The number of nitrogens with zero attached hydrogens (tertiary/aromatic N) is 1. The van der Waals surface area contributed by atoms with Crippen molar-refractivity contribution in [3.05, 3.63) is 64.2 Å². The van der Waals surface area contributed by atoms with Gasteiger partial charge in [-0.3, -0.25) is 10.1 Å². The van der Waals surface area contributed by atoms with Crippen LogP contribution >= 0.6 is 0 Å². The maximum Gasteiger partial charge on any atom is 0.272 e. The standard InChI is InChI=1S/C15H15NO2/c1-11(2)14-10-13(8-9-15(14)16(17)18)12-6-4-3-5-7-12/h3-11H,1-2H3. The van der Waals surface area contributed by atoms with Crippen LogP contribution in [-0.2, 0) is 0 Å². The van der Waals surface area contributed by atoms with Crippen LogP contribution in [0.2, 0.25) is 0 Å². The van der Waals surface area contributed by atoms with Crippen LogP contribution in [0.4, 0.5) is 5.69 Å². The molecule has 0 radical (unpaired) electrons. The lowest BCUT2D eigenvalue weighted by Crippen LogP contribution is -1.97. The van der Waals surface area contributed by atoms with Gasteiger partial charge in [0.05, 0.1) is 4.92 Å². The first-order valence-electron chi connectivity index (χ1n) is 5.93. The Morgan fingerprint density at radius 2 is 1.67 bits per heavy atom. The average molecular weight is 241 g/mol. The normalized spacial score (nSPS) is 10.6. The lowest BCUT2D eigenvalue weighted by Gasteiger charge is -2.09. The van der Waals surface area contributed by atoms with Crippen molar-refractivity contribution < 1.29 is 4.92 Å². The summed E-state index contributed by atoms with van der Waals surface area (Å²) in [6, 6.07) is 15.2. The molecule has 0 aliphatic rings. The molecule has 0 aliphatic heterocycles. The van der Waals surface area contributed by atoms with Gasteiger partial charge in [0, 0.05) is 11.6 Å². The summed E-state index contributed by atoms with van der Waals surface area (Å²) >= 11 is 0. The molecule has 2 aromatic rings. The van der Waals surface area contributed by atoms with Crippen LogP contribution in [0.3, 0.4) is 0 Å². The van der Waals surface area contributed by atoms with Crippen LogP contribution in [0.1, 0.15) is 25.3 Å². The van der Waals surface area contributed by atoms with Gasteiger partial charge in [0.2, 0.25) is 0 Å². The van der Waals surface area contributed by atoms with Crippen LogP contribution in [0.25, 0.3) is 11.1 Å². The fourth-order valence-electron chi connectivity index (χ4n) is 1.99. The smallest absolute Gasteiger partial charge is 0.258 e. The molecule has 0 spiro atoms. The number of benzene rings is 2. The molecule has 0 fully saturated rings. The third kappa shape index (κ3) is 2.40. The highest BCUT2D eigenvalue weighted by atomic mass is 16.6. The van der Waals surface area contributed by atoms with E-state index >= 15 is 0 Å². The molecule has 0 amide bonds. The van der Waals surface area contributed by atoms with E-state index in [2.05, 4.69) is 0 Å². The van der Waals surface area contributed by atoms with E-state index in [-0.39, 0.29) is 16.5 Å². The summed E-state index contributed by atoms with van der Waals surface area (Å²) in [5, 5.41) is 11.0. The molecule has 0 bridgehead atoms. The van der Waals surface area contributed by atoms with Gasteiger partial charge in [-0.25, -0.2) is 0 Å². The van der Waals surface area contributed by atoms with Crippen molar-refractivity contribution in [1.82, 2.24) is 0 Å². The number of hydrogen-bond acceptors (Lipinski definition) is 2. The molecule has 18 heavy (non-hydrogen) atoms. The summed E-state index contributed by atoms with van der Waals surface area (Å²) in [6.45, 7) is 3.94. The van der Waals surface area contributed by atoms with Gasteiger partial charge in [0.25, 0.3) is 5.69 Å². The first-order valence-corrected chi connectivity index (χ1v) is 5.93. The zero-order valence-electron chi connectivity index (χ0n) is 10.5. The Labute approximate surface area is 106 Å². The zero-order valence-corrected chi connectivity index (χ0v) is 10.5. The van der Waals surface area contributed by atoms with E-state index in [0.29, 0.717) is 0 Å². The van der Waals surface area contributed by atoms with Gasteiger partial charge < -0.3 is 0 Å². The highest BCUT2D eigenvalue weighted by Gasteiger charge is 2.16. The van der Waals surface area contributed by atoms with Gasteiger partial charge in [0.15, 0.2) is 0 Å². The summed E-state index contributed by atoms with van der Waals surface area (Å²) < 4.78 is 0. The van der Waals surface area contributed by atoms with E-state index in [1.165, 1.54) is 0 Å². The molecule has 0 aromatic heterocycles. The van der Waals surface area contributed by atoms with Crippen LogP contribution in [0, 0.1) is 10.1 Å². The topological polar surface area (TPSA) is 43.1 Å². The van der Waals surface area contributed by atoms with E-state index in [1.54, 1.807) is 12.1 Å². The van der Waals surface area contributed by atoms with Crippen LogP contribution in [0.15, 0.2) is 48.5 Å². The SMILES string of the molecule is CC(C)c1cc(-c2ccccc2)ccc1[N+](=O)[O-]. The van der Waals surface area contributed by atoms with Crippen molar-refractivity contribution in [3.8, 4) is 11.1 Å². The van der Waals surface area contributed by atoms with E-state index in [0.717, 1.165) is 16.7 Å². The van der Waals surface area contributed by atoms with Gasteiger partial charge in [-0.2, -0.15) is 0 Å². The summed E-state index contributed by atoms with van der Waals surface area (Å²) in [5.74, 6) is 0.133. The number of hydrogen-bond donors (Lipinski definition) is 0. The molecule has 0 N–H and O–H groups in total. The predicted molar refractivity (Wildman–Crippen MR) is 72.6 cm³/mol. The van der Waals surface area contributed by atoms with Crippen molar-refractivity contribution in [3.63, 3.8) is 0 Å². The van der Waals surface area contributed by atoms with Crippen LogP contribution < -0.4 is 0 Å². The molecule has 0 heterocycles. The molecule has 0 saturated heterocycles. The lowest BCUT2D eigenvalue weighted by atomic mass is 9.96. The summed E-state index contributed by atoms with van der Waals surface area (Å²) in [7, 11) is 0.